The lowest BCUT2D eigenvalue weighted by Crippen LogP contribution is -2.63. The topological polar surface area (TPSA) is 15.0 Å². The van der Waals surface area contributed by atoms with E-state index in [1.54, 1.807) is 5.96 Å². The molecule has 0 spiro atoms. The number of unbranched alkanes of at least 4 members (excludes halogenated alkanes) is 18. The van der Waals surface area contributed by atoms with Gasteiger partial charge in [-0.15, -0.1) is 0 Å². The highest BCUT2D eigenvalue weighted by molar-refractivity contribution is 5.68. The van der Waals surface area contributed by atoms with Gasteiger partial charge in [0.25, 0.3) is 0 Å². The van der Waals surface area contributed by atoms with Gasteiger partial charge in [-0.1, -0.05) is 151 Å². The van der Waals surface area contributed by atoms with Crippen LogP contribution in [0.3, 0.4) is 0 Å². The van der Waals surface area contributed by atoms with Crippen LogP contribution >= 0.6 is 0 Å². The molecule has 3 nitrogen and oxygen atoms in total. The van der Waals surface area contributed by atoms with Crippen LogP contribution < -0.4 is 5.32 Å². The van der Waals surface area contributed by atoms with Crippen molar-refractivity contribution in [2.75, 3.05) is 39.3 Å². The zero-order chi connectivity index (χ0) is 29.6. The summed E-state index contributed by atoms with van der Waals surface area (Å²) >= 11 is 0. The first kappa shape index (κ1) is 39.4. The van der Waals surface area contributed by atoms with Gasteiger partial charge in [0, 0.05) is 0 Å². The molecule has 0 rings (SSSR count). The van der Waals surface area contributed by atoms with Crippen molar-refractivity contribution in [2.45, 2.75) is 196 Å². The second-order valence-corrected chi connectivity index (χ2v) is 12.9. The van der Waals surface area contributed by atoms with Crippen LogP contribution in [0.4, 0.5) is 0 Å². The molecule has 0 amide bonds. The second kappa shape index (κ2) is 29.9. The molecular weight excluding hydrogens is 486 g/mol. The minimum Gasteiger partial charge on any atom is -0.226 e. The molecule has 3 heteroatoms. The molecule has 0 aromatic heterocycles. The van der Waals surface area contributed by atoms with Gasteiger partial charge in [-0.25, -0.2) is 14.4 Å². The van der Waals surface area contributed by atoms with Gasteiger partial charge >= 0.3 is 5.96 Å². The summed E-state index contributed by atoms with van der Waals surface area (Å²) in [4.78, 5) is 0. The number of quaternary nitrogens is 1. The van der Waals surface area contributed by atoms with Crippen LogP contribution in [0.5, 0.6) is 0 Å². The Balaban J connectivity index is 5.17. The fourth-order valence-electron chi connectivity index (χ4n) is 6.16. The first-order valence-corrected chi connectivity index (χ1v) is 18.9. The quantitative estimate of drug-likeness (QED) is 0.0301. The van der Waals surface area contributed by atoms with Gasteiger partial charge in [-0.3, -0.25) is 0 Å². The van der Waals surface area contributed by atoms with Crippen molar-refractivity contribution in [1.82, 2.24) is 5.32 Å². The van der Waals surface area contributed by atoms with Crippen molar-refractivity contribution < 1.29 is 9.06 Å². The smallest absolute Gasteiger partial charge is 0.226 e. The molecule has 0 radical (unpaired) electrons. The van der Waals surface area contributed by atoms with E-state index < -0.39 is 0 Å². The average molecular weight is 566 g/mol. The van der Waals surface area contributed by atoms with Crippen molar-refractivity contribution in [2.24, 2.45) is 0 Å². The van der Waals surface area contributed by atoms with Gasteiger partial charge in [-0.2, -0.15) is 0 Å². The standard InChI is InChI=1S/C37H78N3/c1-7-13-19-20-21-22-23-24-25-26-27-28-29-30-36-40(34-17-11-5,35-18-12-6)37(38-31-14-8-2)39(32-15-9-3)33-16-10-4/h7-36H2,1-6H3/q+1/p+1. The van der Waals surface area contributed by atoms with E-state index in [2.05, 4.69) is 51.4 Å². The molecule has 0 aliphatic heterocycles. The number of nitrogens with one attached hydrogen (secondary N) is 1. The molecule has 1 N–H and O–H groups in total. The Hall–Kier alpha value is -0.570. The number of rotatable bonds is 30. The molecule has 0 saturated carbocycles. The Bertz CT molecular complexity index is 524. The normalized spacial score (nSPS) is 11.8. The van der Waals surface area contributed by atoms with Crippen LogP contribution in [0, 0.1) is 0 Å². The maximum atomic E-state index is 4.11. The lowest BCUT2D eigenvalue weighted by Gasteiger charge is -2.37. The van der Waals surface area contributed by atoms with Crippen LogP contribution in [0.2, 0.25) is 0 Å². The van der Waals surface area contributed by atoms with E-state index in [1.807, 2.05) is 0 Å². The van der Waals surface area contributed by atoms with Crippen LogP contribution in [-0.2, 0) is 0 Å². The molecule has 0 unspecified atom stereocenters. The van der Waals surface area contributed by atoms with E-state index >= 15 is 0 Å². The summed E-state index contributed by atoms with van der Waals surface area (Å²) < 4.78 is 4.04. The average Bonchev–Trinajstić information content (AvgIpc) is 2.97. The second-order valence-electron chi connectivity index (χ2n) is 12.9. The lowest BCUT2D eigenvalue weighted by molar-refractivity contribution is -0.869. The van der Waals surface area contributed by atoms with Crippen molar-refractivity contribution in [3.63, 3.8) is 0 Å². The molecule has 0 bridgehead atoms. The fraction of sp³-hybridized carbons (Fsp3) is 0.973. The summed E-state index contributed by atoms with van der Waals surface area (Å²) in [5.41, 5.74) is 0. The molecule has 40 heavy (non-hydrogen) atoms. The van der Waals surface area contributed by atoms with Crippen LogP contribution in [0.1, 0.15) is 196 Å². The number of hydrogen-bond donors (Lipinski definition) is 1. The van der Waals surface area contributed by atoms with E-state index in [0.29, 0.717) is 0 Å². The summed E-state index contributed by atoms with van der Waals surface area (Å²) in [6.45, 7) is 21.7. The summed E-state index contributed by atoms with van der Waals surface area (Å²) in [5, 5.41) is 4.11. The molecule has 0 aromatic carbocycles. The Morgan fingerprint density at radius 3 is 1.15 bits per heavy atom. The molecule has 0 heterocycles. The highest BCUT2D eigenvalue weighted by atomic mass is 15.5. The summed E-state index contributed by atoms with van der Waals surface area (Å²) in [6, 6.07) is 0. The van der Waals surface area contributed by atoms with Crippen molar-refractivity contribution >= 4 is 5.96 Å². The van der Waals surface area contributed by atoms with Gasteiger partial charge in [0.2, 0.25) is 0 Å². The van der Waals surface area contributed by atoms with E-state index in [0.717, 1.165) is 6.54 Å². The Morgan fingerprint density at radius 1 is 0.400 bits per heavy atom. The molecule has 0 fully saturated rings. The van der Waals surface area contributed by atoms with E-state index in [-0.39, 0.29) is 0 Å². The summed E-state index contributed by atoms with van der Waals surface area (Å²) in [7, 11) is 0. The monoisotopic (exact) mass is 566 g/mol. The molecule has 0 aliphatic rings. The fourth-order valence-corrected chi connectivity index (χ4v) is 6.16. The minimum atomic E-state index is 1.14. The predicted molar refractivity (Wildman–Crippen MR) is 183 cm³/mol. The van der Waals surface area contributed by atoms with E-state index in [1.165, 1.54) is 191 Å². The third kappa shape index (κ3) is 20.3. The van der Waals surface area contributed by atoms with Crippen molar-refractivity contribution in [3.05, 3.63) is 0 Å². The number of nitrogens with zero attached hydrogens (tertiary/aromatic N) is 2. The van der Waals surface area contributed by atoms with Crippen LogP contribution in [0.25, 0.3) is 0 Å². The molecule has 0 atom stereocenters. The lowest BCUT2D eigenvalue weighted by atomic mass is 10.0. The number of guanidine groups is 1. The van der Waals surface area contributed by atoms with Gasteiger partial charge < -0.3 is 0 Å². The Labute approximate surface area is 255 Å². The SMILES string of the molecule is CCCCCCCCCCCCCCCC[N+](CCCC)(CCCC)C(NCCCC)=[N+](CCCC)CCCC. The largest absolute Gasteiger partial charge is 0.443 e. The molecular formula is C37H79N3+2. The molecule has 0 aliphatic carbocycles. The predicted octanol–water partition coefficient (Wildman–Crippen LogP) is 11.2. The van der Waals surface area contributed by atoms with Crippen molar-refractivity contribution in [3.8, 4) is 0 Å². The Kier molecular flexibility index (Phi) is 29.5. The van der Waals surface area contributed by atoms with Crippen LogP contribution in [-0.4, -0.2) is 54.3 Å². The third-order valence-electron chi connectivity index (χ3n) is 8.94. The van der Waals surface area contributed by atoms with Gasteiger partial charge in [-0.05, 0) is 44.9 Å². The highest BCUT2D eigenvalue weighted by Gasteiger charge is 2.40. The van der Waals surface area contributed by atoms with Crippen LogP contribution in [0.15, 0.2) is 0 Å². The first-order valence-electron chi connectivity index (χ1n) is 18.9. The van der Waals surface area contributed by atoms with Crippen molar-refractivity contribution in [1.29, 1.82) is 0 Å². The maximum absolute atomic E-state index is 4.11. The zero-order valence-corrected chi connectivity index (χ0v) is 29.1. The maximum Gasteiger partial charge on any atom is 0.443 e. The van der Waals surface area contributed by atoms with Gasteiger partial charge in [0.05, 0.1) is 39.3 Å². The van der Waals surface area contributed by atoms with E-state index in [9.17, 15) is 0 Å². The molecule has 0 aromatic rings. The molecule has 0 saturated heterocycles. The van der Waals surface area contributed by atoms with Gasteiger partial charge in [0.1, 0.15) is 0 Å². The third-order valence-corrected chi connectivity index (χ3v) is 8.94. The zero-order valence-electron chi connectivity index (χ0n) is 29.1. The summed E-state index contributed by atoms with van der Waals surface area (Å²) in [5.74, 6) is 1.60. The van der Waals surface area contributed by atoms with E-state index in [4.69, 9.17) is 0 Å². The highest BCUT2D eigenvalue weighted by Crippen LogP contribution is 2.19. The van der Waals surface area contributed by atoms with Gasteiger partial charge in [0.15, 0.2) is 0 Å². The molecule has 240 valence electrons. The summed E-state index contributed by atoms with van der Waals surface area (Å²) in [6.07, 6.45) is 33.2. The minimum absolute atomic E-state index is 1.14. The Morgan fingerprint density at radius 2 is 0.750 bits per heavy atom. The number of hydrogen-bond acceptors (Lipinski definition) is 0. The first-order chi connectivity index (χ1) is 19.7.